The molecule has 1 aliphatic rings. The predicted molar refractivity (Wildman–Crippen MR) is 147 cm³/mol. The maximum absolute atomic E-state index is 13.7. The van der Waals surface area contributed by atoms with Gasteiger partial charge in [0.05, 0.1) is 5.69 Å². The second-order valence-electron chi connectivity index (χ2n) is 8.89. The molecule has 4 rings (SSSR count). The summed E-state index contributed by atoms with van der Waals surface area (Å²) in [6.45, 7) is 4.61. The van der Waals surface area contributed by atoms with Crippen LogP contribution in [-0.4, -0.2) is 70.9 Å². The van der Waals surface area contributed by atoms with Gasteiger partial charge in [-0.25, -0.2) is 4.98 Å². The maximum atomic E-state index is 13.7. The van der Waals surface area contributed by atoms with Crippen molar-refractivity contribution in [1.82, 2.24) is 14.9 Å². The molecule has 0 aliphatic carbocycles. The topological polar surface area (TPSA) is 140 Å². The summed E-state index contributed by atoms with van der Waals surface area (Å²) < 4.78 is 41.2. The molecule has 14 heteroatoms. The van der Waals surface area contributed by atoms with Gasteiger partial charge in [-0.3, -0.25) is 14.4 Å². The summed E-state index contributed by atoms with van der Waals surface area (Å²) in [5, 5.41) is 17.0. The Morgan fingerprint density at radius 2 is 1.78 bits per heavy atom. The first-order chi connectivity index (χ1) is 19.6. The largest absolute Gasteiger partial charge is 0.421 e. The smallest absolute Gasteiger partial charge is 0.387 e. The molecular weight excluding hydrogens is 543 g/mol. The van der Waals surface area contributed by atoms with Gasteiger partial charge in [-0.15, -0.1) is 0 Å². The fraction of sp³-hybridized carbons (Fsp3) is 0.222. The van der Waals surface area contributed by atoms with Crippen molar-refractivity contribution in [2.24, 2.45) is 0 Å². The molecule has 0 unspecified atom stereocenters. The minimum atomic E-state index is -4.77. The molecular formula is C27H26F3N7O4. The van der Waals surface area contributed by atoms with Crippen LogP contribution >= 0.6 is 0 Å². The number of hydrogen-bond donors (Lipinski definition) is 4. The van der Waals surface area contributed by atoms with Crippen LogP contribution in [0.5, 0.6) is 0 Å². The first kappa shape index (κ1) is 29.0. The van der Waals surface area contributed by atoms with Gasteiger partial charge in [0.1, 0.15) is 18.0 Å². The Morgan fingerprint density at radius 3 is 2.44 bits per heavy atom. The Hall–Kier alpha value is -4.98. The minimum absolute atomic E-state index is 0.191. The number of halogens is 3. The van der Waals surface area contributed by atoms with E-state index in [0.29, 0.717) is 50.0 Å². The number of anilines is 6. The maximum Gasteiger partial charge on any atom is 0.421 e. The molecule has 2 aromatic carbocycles. The van der Waals surface area contributed by atoms with Crippen molar-refractivity contribution in [1.29, 1.82) is 0 Å². The van der Waals surface area contributed by atoms with Crippen LogP contribution in [0.1, 0.15) is 15.9 Å². The van der Waals surface area contributed by atoms with Gasteiger partial charge in [-0.2, -0.15) is 18.2 Å². The van der Waals surface area contributed by atoms with Crippen LogP contribution in [0.3, 0.4) is 0 Å². The Labute approximate surface area is 232 Å². The number of aldehydes is 1. The molecule has 0 radical (unpaired) electrons. The highest BCUT2D eigenvalue weighted by Gasteiger charge is 2.35. The summed E-state index contributed by atoms with van der Waals surface area (Å²) >= 11 is 0. The molecule has 214 valence electrons. The number of nitrogens with one attached hydrogen (secondary N) is 3. The molecule has 41 heavy (non-hydrogen) atoms. The fourth-order valence-corrected chi connectivity index (χ4v) is 4.14. The number of aromatic nitrogens is 2. The molecule has 0 spiro atoms. The summed E-state index contributed by atoms with van der Waals surface area (Å²) in [6.07, 6.45) is -2.48. The number of alkyl halides is 3. The quantitative estimate of drug-likeness (QED) is 0.225. The normalized spacial score (nSPS) is 13.4. The third kappa shape index (κ3) is 7.16. The number of benzene rings is 2. The molecule has 3 aromatic rings. The number of aliphatic hydroxyl groups is 1. The van der Waals surface area contributed by atoms with Crippen molar-refractivity contribution in [3.63, 3.8) is 0 Å². The Kier molecular flexibility index (Phi) is 8.82. The van der Waals surface area contributed by atoms with E-state index in [9.17, 15) is 27.6 Å². The van der Waals surface area contributed by atoms with Gasteiger partial charge in [0.2, 0.25) is 17.8 Å². The van der Waals surface area contributed by atoms with Crippen molar-refractivity contribution in [2.75, 3.05) is 53.6 Å². The second kappa shape index (κ2) is 12.5. The molecule has 1 saturated heterocycles. The van der Waals surface area contributed by atoms with Crippen LogP contribution in [-0.2, 0) is 15.8 Å². The van der Waals surface area contributed by atoms with Gasteiger partial charge < -0.3 is 30.9 Å². The lowest BCUT2D eigenvalue weighted by molar-refractivity contribution is -0.137. The number of piperazine rings is 1. The Balaban J connectivity index is 1.56. The summed E-state index contributed by atoms with van der Waals surface area (Å²) in [7, 11) is 0. The zero-order valence-electron chi connectivity index (χ0n) is 21.6. The molecule has 1 fully saturated rings. The minimum Gasteiger partial charge on any atom is -0.387 e. The molecule has 4 N–H and O–H groups in total. The van der Waals surface area contributed by atoms with E-state index < -0.39 is 30.1 Å². The van der Waals surface area contributed by atoms with Crippen molar-refractivity contribution in [3.8, 4) is 0 Å². The van der Waals surface area contributed by atoms with Crippen LogP contribution in [0.4, 0.5) is 47.7 Å². The van der Waals surface area contributed by atoms with Gasteiger partial charge in [0, 0.05) is 55.0 Å². The molecule has 0 saturated carbocycles. The average molecular weight is 570 g/mol. The van der Waals surface area contributed by atoms with Crippen LogP contribution < -0.4 is 20.9 Å². The molecule has 1 aliphatic heterocycles. The first-order valence-corrected chi connectivity index (χ1v) is 12.4. The number of amides is 2. The third-order valence-corrected chi connectivity index (χ3v) is 6.21. The molecule has 2 amide bonds. The van der Waals surface area contributed by atoms with Gasteiger partial charge in [0.25, 0.3) is 0 Å². The summed E-state index contributed by atoms with van der Waals surface area (Å²) in [4.78, 5) is 46.5. The number of aliphatic hydroxyl groups excluding tert-OH is 1. The lowest BCUT2D eigenvalue weighted by atomic mass is 10.1. The van der Waals surface area contributed by atoms with E-state index in [1.165, 1.54) is 18.2 Å². The summed E-state index contributed by atoms with van der Waals surface area (Å²) in [6, 6.07) is 11.0. The molecule has 0 atom stereocenters. The Morgan fingerprint density at radius 1 is 1.05 bits per heavy atom. The number of carbonyl (C=O) groups excluding carboxylic acids is 3. The van der Waals surface area contributed by atoms with E-state index >= 15 is 0 Å². The fourth-order valence-electron chi connectivity index (χ4n) is 4.14. The van der Waals surface area contributed by atoms with Crippen LogP contribution in [0.15, 0.2) is 61.3 Å². The van der Waals surface area contributed by atoms with Crippen LogP contribution in [0, 0.1) is 0 Å². The van der Waals surface area contributed by atoms with Crippen molar-refractivity contribution < 1.29 is 32.7 Å². The van der Waals surface area contributed by atoms with E-state index in [0.717, 1.165) is 6.08 Å². The molecule has 2 heterocycles. The van der Waals surface area contributed by atoms with Gasteiger partial charge in [-0.1, -0.05) is 12.6 Å². The lowest BCUT2D eigenvalue weighted by Crippen LogP contribution is -2.49. The number of nitrogens with zero attached hydrogens (tertiary/aromatic N) is 4. The molecule has 1 aromatic heterocycles. The number of carbonyl (C=O) groups is 3. The highest BCUT2D eigenvalue weighted by atomic mass is 19.4. The van der Waals surface area contributed by atoms with Crippen LogP contribution in [0.2, 0.25) is 0 Å². The zero-order chi connectivity index (χ0) is 29.6. The highest BCUT2D eigenvalue weighted by Crippen LogP contribution is 2.36. The SMILES string of the molecule is C=CC(=O)Nc1cccc(Nc2nc(Nc3ccc(N4CCN(C(=O)CO)CC4)cc3C=O)ncc2C(F)(F)F)c1. The molecule has 0 bridgehead atoms. The van der Waals surface area contributed by atoms with E-state index in [1.54, 1.807) is 29.2 Å². The van der Waals surface area contributed by atoms with Crippen molar-refractivity contribution in [3.05, 3.63) is 72.4 Å². The van der Waals surface area contributed by atoms with Gasteiger partial charge in [0.15, 0.2) is 6.29 Å². The second-order valence-corrected chi connectivity index (χ2v) is 8.89. The van der Waals surface area contributed by atoms with Crippen LogP contribution in [0.25, 0.3) is 0 Å². The molecule has 11 nitrogen and oxygen atoms in total. The number of rotatable bonds is 9. The summed E-state index contributed by atoms with van der Waals surface area (Å²) in [5.74, 6) is -1.57. The van der Waals surface area contributed by atoms with Crippen molar-refractivity contribution in [2.45, 2.75) is 6.18 Å². The predicted octanol–water partition coefficient (Wildman–Crippen LogP) is 3.56. The van der Waals surface area contributed by atoms with E-state index in [1.807, 2.05) is 4.90 Å². The van der Waals surface area contributed by atoms with Crippen molar-refractivity contribution >= 4 is 52.6 Å². The van der Waals surface area contributed by atoms with Gasteiger partial charge in [-0.05, 0) is 42.5 Å². The van der Waals surface area contributed by atoms with E-state index in [-0.39, 0.29) is 28.8 Å². The van der Waals surface area contributed by atoms with Gasteiger partial charge >= 0.3 is 6.18 Å². The third-order valence-electron chi connectivity index (χ3n) is 6.21. The number of hydrogen-bond acceptors (Lipinski definition) is 9. The average Bonchev–Trinajstić information content (AvgIpc) is 2.96. The highest BCUT2D eigenvalue weighted by molar-refractivity contribution is 5.99. The first-order valence-electron chi connectivity index (χ1n) is 12.4. The monoisotopic (exact) mass is 569 g/mol. The van der Waals surface area contributed by atoms with E-state index in [4.69, 9.17) is 5.11 Å². The summed E-state index contributed by atoms with van der Waals surface area (Å²) in [5.41, 5.74) is 0.651. The zero-order valence-corrected chi connectivity index (χ0v) is 21.6. The lowest BCUT2D eigenvalue weighted by Gasteiger charge is -2.36. The van der Waals surface area contributed by atoms with E-state index in [2.05, 4.69) is 32.5 Å². The standard InChI is InChI=1S/C27H26F3N7O4/c1-2-23(40)32-18-4-3-5-19(13-18)33-25-21(27(28,29)30)14-31-26(35-25)34-22-7-6-20(12-17(22)15-38)36-8-10-37(11-9-36)24(41)16-39/h2-7,12-15,39H,1,8-11,16H2,(H,32,40)(H2,31,33,34,35). The Bertz CT molecular complexity index is 1460.